The van der Waals surface area contributed by atoms with Crippen molar-refractivity contribution in [3.05, 3.63) is 29.8 Å². The number of aliphatic hydroxyl groups excluding tert-OH is 1. The third kappa shape index (κ3) is 7.61. The zero-order valence-corrected chi connectivity index (χ0v) is 13.2. The van der Waals surface area contributed by atoms with Gasteiger partial charge in [0.2, 0.25) is 0 Å². The van der Waals surface area contributed by atoms with Gasteiger partial charge in [0.15, 0.2) is 0 Å². The van der Waals surface area contributed by atoms with Crippen LogP contribution in [-0.4, -0.2) is 30.1 Å². The molecule has 1 rings (SSSR count). The van der Waals surface area contributed by atoms with Gasteiger partial charge in [0.05, 0.1) is 6.10 Å². The molecule has 0 amide bonds. The van der Waals surface area contributed by atoms with Crippen LogP contribution >= 0.6 is 11.8 Å². The molecule has 19 heavy (non-hydrogen) atoms. The van der Waals surface area contributed by atoms with Crippen LogP contribution in [0.15, 0.2) is 29.2 Å². The molecule has 2 N–H and O–H groups in total. The van der Waals surface area contributed by atoms with Crippen LogP contribution in [0.2, 0.25) is 0 Å². The number of hydrogen-bond acceptors (Lipinski definition) is 3. The van der Waals surface area contributed by atoms with Gasteiger partial charge in [0.1, 0.15) is 0 Å². The van der Waals surface area contributed by atoms with Crippen LogP contribution < -0.4 is 5.32 Å². The van der Waals surface area contributed by atoms with E-state index in [1.807, 2.05) is 11.8 Å². The van der Waals surface area contributed by atoms with E-state index in [2.05, 4.69) is 50.4 Å². The highest BCUT2D eigenvalue weighted by atomic mass is 32.2. The fraction of sp³-hybridized carbons (Fsp3) is 0.625. The Hall–Kier alpha value is -0.510. The maximum Gasteiger partial charge on any atom is 0.0704 e. The smallest absolute Gasteiger partial charge is 0.0704 e. The summed E-state index contributed by atoms with van der Waals surface area (Å²) in [6, 6.07) is 8.60. The molecule has 0 spiro atoms. The van der Waals surface area contributed by atoms with Crippen LogP contribution in [0.25, 0.3) is 0 Å². The molecule has 0 aromatic heterocycles. The number of likely N-dealkylation sites (N-methyl/N-ethyl adjacent to an activating group) is 1. The standard InChI is InChI=1S/C16H27NOS/c1-4-17-12-15(18)11-14-5-7-16(8-6-14)19-10-9-13(2)3/h5-8,13,15,17-18H,4,9-12H2,1-3H3. The first-order valence-electron chi connectivity index (χ1n) is 7.22. The Labute approximate surface area is 122 Å². The van der Waals surface area contributed by atoms with Crippen molar-refractivity contribution in [1.82, 2.24) is 5.32 Å². The van der Waals surface area contributed by atoms with Gasteiger partial charge in [-0.3, -0.25) is 0 Å². The van der Waals surface area contributed by atoms with Crippen molar-refractivity contribution < 1.29 is 5.11 Å². The molecule has 108 valence electrons. The minimum Gasteiger partial charge on any atom is -0.391 e. The largest absolute Gasteiger partial charge is 0.391 e. The van der Waals surface area contributed by atoms with E-state index in [4.69, 9.17) is 0 Å². The van der Waals surface area contributed by atoms with Gasteiger partial charge in [0, 0.05) is 11.4 Å². The van der Waals surface area contributed by atoms with Crippen LogP contribution in [0.1, 0.15) is 32.8 Å². The SMILES string of the molecule is CCNCC(O)Cc1ccc(SCCC(C)C)cc1. The lowest BCUT2D eigenvalue weighted by atomic mass is 10.1. The second-order valence-corrected chi connectivity index (χ2v) is 6.51. The lowest BCUT2D eigenvalue weighted by Gasteiger charge is -2.11. The molecule has 2 nitrogen and oxygen atoms in total. The topological polar surface area (TPSA) is 32.3 Å². The number of thioether (sulfide) groups is 1. The van der Waals surface area contributed by atoms with Crippen molar-refractivity contribution in [2.75, 3.05) is 18.8 Å². The van der Waals surface area contributed by atoms with Crippen LogP contribution in [0.3, 0.4) is 0 Å². The van der Waals surface area contributed by atoms with E-state index >= 15 is 0 Å². The zero-order chi connectivity index (χ0) is 14.1. The van der Waals surface area contributed by atoms with Gasteiger partial charge in [0.25, 0.3) is 0 Å². The Morgan fingerprint density at radius 2 is 1.89 bits per heavy atom. The first-order valence-corrected chi connectivity index (χ1v) is 8.21. The van der Waals surface area contributed by atoms with Crippen molar-refractivity contribution in [3.63, 3.8) is 0 Å². The normalized spacial score (nSPS) is 12.9. The molecule has 0 heterocycles. The summed E-state index contributed by atoms with van der Waals surface area (Å²) in [6.45, 7) is 8.14. The van der Waals surface area contributed by atoms with Crippen molar-refractivity contribution in [3.8, 4) is 0 Å². The fourth-order valence-electron chi connectivity index (χ4n) is 1.79. The highest BCUT2D eigenvalue weighted by Crippen LogP contribution is 2.21. The molecule has 0 aliphatic carbocycles. The van der Waals surface area contributed by atoms with Gasteiger partial charge in [-0.2, -0.15) is 0 Å². The Morgan fingerprint density at radius 3 is 2.47 bits per heavy atom. The molecule has 0 radical (unpaired) electrons. The molecule has 1 aromatic carbocycles. The molecule has 1 atom stereocenters. The second kappa shape index (κ2) is 9.40. The minimum atomic E-state index is -0.292. The molecule has 1 unspecified atom stereocenters. The Kier molecular flexibility index (Phi) is 8.19. The van der Waals surface area contributed by atoms with E-state index in [9.17, 15) is 5.11 Å². The van der Waals surface area contributed by atoms with Gasteiger partial charge in [-0.05, 0) is 48.8 Å². The summed E-state index contributed by atoms with van der Waals surface area (Å²) in [5.74, 6) is 1.95. The number of hydrogen-bond donors (Lipinski definition) is 2. The lowest BCUT2D eigenvalue weighted by molar-refractivity contribution is 0.172. The summed E-state index contributed by atoms with van der Waals surface area (Å²) in [4.78, 5) is 1.32. The lowest BCUT2D eigenvalue weighted by Crippen LogP contribution is -2.28. The van der Waals surface area contributed by atoms with E-state index in [1.54, 1.807) is 0 Å². The zero-order valence-electron chi connectivity index (χ0n) is 12.4. The minimum absolute atomic E-state index is 0.292. The number of nitrogens with one attached hydrogen (secondary N) is 1. The summed E-state index contributed by atoms with van der Waals surface area (Å²) >= 11 is 1.92. The molecular formula is C16H27NOS. The highest BCUT2D eigenvalue weighted by molar-refractivity contribution is 7.99. The van der Waals surface area contributed by atoms with Gasteiger partial charge < -0.3 is 10.4 Å². The van der Waals surface area contributed by atoms with E-state index in [1.165, 1.54) is 22.6 Å². The van der Waals surface area contributed by atoms with Crippen molar-refractivity contribution in [2.24, 2.45) is 5.92 Å². The maximum atomic E-state index is 9.84. The average molecular weight is 281 g/mol. The van der Waals surface area contributed by atoms with Crippen LogP contribution in [0, 0.1) is 5.92 Å². The summed E-state index contributed by atoms with van der Waals surface area (Å²) in [5, 5.41) is 13.0. The Morgan fingerprint density at radius 1 is 1.21 bits per heavy atom. The highest BCUT2D eigenvalue weighted by Gasteiger charge is 2.05. The Balaban J connectivity index is 2.34. The molecule has 0 fully saturated rings. The van der Waals surface area contributed by atoms with Crippen LogP contribution in [0.5, 0.6) is 0 Å². The van der Waals surface area contributed by atoms with Gasteiger partial charge in [-0.1, -0.05) is 32.9 Å². The van der Waals surface area contributed by atoms with E-state index in [-0.39, 0.29) is 6.10 Å². The molecule has 0 aliphatic heterocycles. The molecule has 0 bridgehead atoms. The predicted molar refractivity (Wildman–Crippen MR) is 84.9 cm³/mol. The molecule has 1 aromatic rings. The first-order chi connectivity index (χ1) is 9.11. The summed E-state index contributed by atoms with van der Waals surface area (Å²) in [7, 11) is 0. The predicted octanol–water partition coefficient (Wildman–Crippen LogP) is 3.34. The van der Waals surface area contributed by atoms with E-state index in [0.29, 0.717) is 6.54 Å². The van der Waals surface area contributed by atoms with E-state index in [0.717, 1.165) is 18.9 Å². The van der Waals surface area contributed by atoms with Crippen LogP contribution in [-0.2, 0) is 6.42 Å². The summed E-state index contributed by atoms with van der Waals surface area (Å²) < 4.78 is 0. The van der Waals surface area contributed by atoms with Crippen molar-refractivity contribution in [2.45, 2.75) is 44.6 Å². The van der Waals surface area contributed by atoms with Gasteiger partial charge in [-0.25, -0.2) is 0 Å². The number of rotatable bonds is 9. The van der Waals surface area contributed by atoms with Gasteiger partial charge in [-0.15, -0.1) is 11.8 Å². The molecule has 0 saturated heterocycles. The second-order valence-electron chi connectivity index (χ2n) is 5.34. The quantitative estimate of drug-likeness (QED) is 0.681. The maximum absolute atomic E-state index is 9.84. The van der Waals surface area contributed by atoms with Crippen molar-refractivity contribution >= 4 is 11.8 Å². The van der Waals surface area contributed by atoms with Crippen molar-refractivity contribution in [1.29, 1.82) is 0 Å². The fourth-order valence-corrected chi connectivity index (χ4v) is 2.94. The molecule has 0 aliphatic rings. The Bertz CT molecular complexity index is 337. The molecular weight excluding hydrogens is 254 g/mol. The summed E-state index contributed by atoms with van der Waals surface area (Å²) in [5.41, 5.74) is 1.21. The first kappa shape index (κ1) is 16.5. The molecule has 0 saturated carbocycles. The van der Waals surface area contributed by atoms with Gasteiger partial charge >= 0.3 is 0 Å². The monoisotopic (exact) mass is 281 g/mol. The third-order valence-corrected chi connectivity index (χ3v) is 4.03. The average Bonchev–Trinajstić information content (AvgIpc) is 2.38. The van der Waals surface area contributed by atoms with E-state index < -0.39 is 0 Å². The van der Waals surface area contributed by atoms with Crippen LogP contribution in [0.4, 0.5) is 0 Å². The number of benzene rings is 1. The molecule has 3 heteroatoms. The summed E-state index contributed by atoms with van der Waals surface area (Å²) in [6.07, 6.45) is 1.69. The third-order valence-electron chi connectivity index (χ3n) is 2.99. The number of aliphatic hydroxyl groups is 1.